The van der Waals surface area contributed by atoms with Crippen molar-refractivity contribution in [2.45, 2.75) is 13.8 Å². The number of H-pyrrole nitrogens is 1. The standard InChI is InChI=1S/C29H21F2N7O.C26H18ClF2N5O/c1-16-28(23-5-3-4-6-33-23)38-26-9-19(30)8-22(31)27(26)29(16)37-25-10-24(18-12-35-36-13-18)34-15-21(25)17-7-20(39-2)14-32-11-17;1-14-25(20-5-3-4-6-31-20)34-22-9-16(28)8-19(29)24(22)26(14)33-21-10-23(27)32-13-18(21)15-7-17(35-2)12-30-11-15/h3-15H,1-2H3,(H,35,36)(H,34,37,38);3-13H,1-2H3,(H,32,33,34). The van der Waals surface area contributed by atoms with Crippen molar-refractivity contribution in [3.63, 3.8) is 0 Å². The number of ether oxygens (including phenoxy) is 2. The SMILES string of the molecule is COc1cncc(-c2cnc(-c3cn[nH]c3)cc2Nc2c(C)c(-c3ccccn3)nc3cc(F)cc(F)c23)c1.COc1cncc(-c2cnc(Cl)cc2Nc2c(C)c(-c3ccccn3)nc3cc(F)cc(F)c23)c1. The van der Waals surface area contributed by atoms with Gasteiger partial charge in [-0.05, 0) is 62.4 Å². The van der Waals surface area contributed by atoms with Crippen molar-refractivity contribution < 1.29 is 27.0 Å². The Morgan fingerprint density at radius 1 is 0.527 bits per heavy atom. The van der Waals surface area contributed by atoms with Crippen LogP contribution in [0.3, 0.4) is 0 Å². The molecule has 0 saturated carbocycles. The number of aromatic nitrogens is 10. The van der Waals surface area contributed by atoms with Gasteiger partial charge in [0.2, 0.25) is 0 Å². The van der Waals surface area contributed by atoms with Crippen molar-refractivity contribution in [3.05, 3.63) is 186 Å². The number of pyridine rings is 8. The van der Waals surface area contributed by atoms with Crippen LogP contribution in [0, 0.1) is 37.1 Å². The molecule has 0 amide bonds. The van der Waals surface area contributed by atoms with Gasteiger partial charge < -0.3 is 20.1 Å². The smallest absolute Gasteiger partial charge is 0.137 e. The molecule has 0 radical (unpaired) electrons. The average molecular weight is 1010 g/mol. The number of methoxy groups -OCH3 is 2. The highest BCUT2D eigenvalue weighted by molar-refractivity contribution is 6.29. The number of rotatable bonds is 11. The van der Waals surface area contributed by atoms with Gasteiger partial charge in [0.15, 0.2) is 0 Å². The minimum Gasteiger partial charge on any atom is -0.495 e. The summed E-state index contributed by atoms with van der Waals surface area (Å²) in [6.45, 7) is 3.63. The van der Waals surface area contributed by atoms with Crippen LogP contribution in [-0.4, -0.2) is 64.3 Å². The molecule has 74 heavy (non-hydrogen) atoms. The van der Waals surface area contributed by atoms with Gasteiger partial charge >= 0.3 is 0 Å². The number of anilines is 4. The van der Waals surface area contributed by atoms with Gasteiger partial charge in [0.1, 0.15) is 39.9 Å². The van der Waals surface area contributed by atoms with Crippen LogP contribution in [0.15, 0.2) is 147 Å². The first-order valence-electron chi connectivity index (χ1n) is 22.6. The Labute approximate surface area is 424 Å². The molecular formula is C55H39ClF4N12O2. The van der Waals surface area contributed by atoms with Gasteiger partial charge in [0.25, 0.3) is 0 Å². The van der Waals surface area contributed by atoms with Gasteiger partial charge in [-0.25, -0.2) is 32.5 Å². The number of halogens is 5. The maximum Gasteiger partial charge on any atom is 0.137 e. The summed E-state index contributed by atoms with van der Waals surface area (Å²) < 4.78 is 69.6. The lowest BCUT2D eigenvalue weighted by Crippen LogP contribution is -2.04. The Morgan fingerprint density at radius 2 is 1.04 bits per heavy atom. The van der Waals surface area contributed by atoms with Gasteiger partial charge in [-0.2, -0.15) is 5.10 Å². The lowest BCUT2D eigenvalue weighted by molar-refractivity contribution is 0.413. The minimum absolute atomic E-state index is 0.145. The Morgan fingerprint density at radius 3 is 1.51 bits per heavy atom. The molecule has 9 heterocycles. The largest absolute Gasteiger partial charge is 0.495 e. The van der Waals surface area contributed by atoms with Crippen LogP contribution in [-0.2, 0) is 0 Å². The molecule has 0 aliphatic rings. The number of fused-ring (bicyclic) bond motifs is 2. The molecule has 0 aliphatic heterocycles. The molecule has 3 N–H and O–H groups in total. The van der Waals surface area contributed by atoms with Crippen LogP contribution in [0.4, 0.5) is 40.3 Å². The van der Waals surface area contributed by atoms with Gasteiger partial charge in [-0.15, -0.1) is 0 Å². The number of nitrogens with zero attached hydrogens (tertiary/aromatic N) is 9. The second-order valence-electron chi connectivity index (χ2n) is 16.5. The van der Waals surface area contributed by atoms with Crippen molar-refractivity contribution in [1.29, 1.82) is 0 Å². The molecule has 0 spiro atoms. The van der Waals surface area contributed by atoms with E-state index in [-0.39, 0.29) is 27.0 Å². The molecule has 11 rings (SSSR count). The predicted octanol–water partition coefficient (Wildman–Crippen LogP) is 13.2. The highest BCUT2D eigenvalue weighted by Gasteiger charge is 2.23. The first-order chi connectivity index (χ1) is 36.0. The molecule has 9 aromatic heterocycles. The summed E-state index contributed by atoms with van der Waals surface area (Å²) in [7, 11) is 3.11. The summed E-state index contributed by atoms with van der Waals surface area (Å²) in [4.78, 5) is 35.3. The molecule has 14 nitrogen and oxygen atoms in total. The van der Waals surface area contributed by atoms with Crippen LogP contribution in [0.5, 0.6) is 11.5 Å². The molecule has 366 valence electrons. The topological polar surface area (TPSA) is 174 Å². The molecule has 2 aromatic carbocycles. The molecule has 0 unspecified atom stereocenters. The third kappa shape index (κ3) is 9.80. The van der Waals surface area contributed by atoms with Crippen LogP contribution >= 0.6 is 11.6 Å². The maximum atomic E-state index is 15.4. The Kier molecular flexibility index (Phi) is 13.5. The number of benzene rings is 2. The van der Waals surface area contributed by atoms with Gasteiger partial charge in [-0.1, -0.05) is 23.7 Å². The normalized spacial score (nSPS) is 11.0. The summed E-state index contributed by atoms with van der Waals surface area (Å²) >= 11 is 6.23. The summed E-state index contributed by atoms with van der Waals surface area (Å²) in [5, 5.41) is 14.1. The van der Waals surface area contributed by atoms with Crippen molar-refractivity contribution in [3.8, 4) is 67.8 Å². The maximum absolute atomic E-state index is 15.4. The van der Waals surface area contributed by atoms with E-state index in [1.165, 1.54) is 12.1 Å². The molecule has 11 aromatic rings. The van der Waals surface area contributed by atoms with Gasteiger partial charge in [0, 0.05) is 107 Å². The zero-order chi connectivity index (χ0) is 51.5. The highest BCUT2D eigenvalue weighted by atomic mass is 35.5. The fourth-order valence-electron chi connectivity index (χ4n) is 8.35. The second kappa shape index (κ2) is 20.7. The molecule has 0 atom stereocenters. The Balaban J connectivity index is 0.000000170. The minimum atomic E-state index is -0.740. The monoisotopic (exact) mass is 1010 g/mol. The lowest BCUT2D eigenvalue weighted by atomic mass is 10.0. The van der Waals surface area contributed by atoms with Gasteiger partial charge in [-0.3, -0.25) is 30.0 Å². The van der Waals surface area contributed by atoms with E-state index in [1.807, 2.05) is 31.2 Å². The fourth-order valence-corrected chi connectivity index (χ4v) is 8.51. The molecule has 0 bridgehead atoms. The number of nitrogens with one attached hydrogen (secondary N) is 3. The van der Waals surface area contributed by atoms with E-state index in [1.54, 1.807) is 120 Å². The molecule has 0 fully saturated rings. The van der Waals surface area contributed by atoms with E-state index in [4.69, 9.17) is 21.1 Å². The summed E-state index contributed by atoms with van der Waals surface area (Å²) in [6.07, 6.45) is 16.5. The molecule has 0 saturated heterocycles. The van der Waals surface area contributed by atoms with Crippen LogP contribution in [0.25, 0.3) is 78.1 Å². The number of hydrogen-bond acceptors (Lipinski definition) is 13. The van der Waals surface area contributed by atoms with E-state index < -0.39 is 23.3 Å². The van der Waals surface area contributed by atoms with Crippen molar-refractivity contribution in [2.75, 3.05) is 24.9 Å². The summed E-state index contributed by atoms with van der Waals surface area (Å²) in [5.41, 5.74) is 9.95. The first-order valence-corrected chi connectivity index (χ1v) is 22.9. The predicted molar refractivity (Wildman–Crippen MR) is 276 cm³/mol. The van der Waals surface area contributed by atoms with E-state index in [2.05, 4.69) is 60.7 Å². The quantitative estimate of drug-likeness (QED) is 0.0825. The third-order valence-electron chi connectivity index (χ3n) is 11.9. The van der Waals surface area contributed by atoms with E-state index in [0.29, 0.717) is 90.5 Å². The Bertz CT molecular complexity index is 3880. The van der Waals surface area contributed by atoms with Crippen molar-refractivity contribution >= 4 is 56.2 Å². The van der Waals surface area contributed by atoms with E-state index in [0.717, 1.165) is 23.3 Å². The molecule has 0 aliphatic carbocycles. The zero-order valence-electron chi connectivity index (χ0n) is 39.6. The molecular weight excluding hydrogens is 972 g/mol. The average Bonchev–Trinajstić information content (AvgIpc) is 3.96. The fraction of sp³-hybridized carbons (Fsp3) is 0.0727. The lowest BCUT2D eigenvalue weighted by Gasteiger charge is -2.19. The van der Waals surface area contributed by atoms with E-state index >= 15 is 8.78 Å². The van der Waals surface area contributed by atoms with Crippen LogP contribution < -0.4 is 20.1 Å². The Hall–Kier alpha value is -9.42. The first kappa shape index (κ1) is 48.2. The zero-order valence-corrected chi connectivity index (χ0v) is 40.3. The van der Waals surface area contributed by atoms with Crippen LogP contribution in [0.2, 0.25) is 5.15 Å². The molecule has 19 heteroatoms. The van der Waals surface area contributed by atoms with Crippen molar-refractivity contribution in [1.82, 2.24) is 50.1 Å². The summed E-state index contributed by atoms with van der Waals surface area (Å²) in [5.74, 6) is -1.78. The third-order valence-corrected chi connectivity index (χ3v) is 12.1. The highest BCUT2D eigenvalue weighted by Crippen LogP contribution is 2.42. The van der Waals surface area contributed by atoms with E-state index in [9.17, 15) is 8.78 Å². The summed E-state index contributed by atoms with van der Waals surface area (Å²) in [6, 6.07) is 22.0. The van der Waals surface area contributed by atoms with Gasteiger partial charge in [0.05, 0.1) is 106 Å². The van der Waals surface area contributed by atoms with Crippen molar-refractivity contribution in [2.24, 2.45) is 0 Å². The van der Waals surface area contributed by atoms with Crippen LogP contribution in [0.1, 0.15) is 11.1 Å². The number of aromatic amines is 1. The second-order valence-corrected chi connectivity index (χ2v) is 16.9. The number of hydrogen-bond donors (Lipinski definition) is 3.